The van der Waals surface area contributed by atoms with Gasteiger partial charge in [0.25, 0.3) is 0 Å². The highest BCUT2D eigenvalue weighted by Gasteiger charge is 2.53. The molecule has 17 atom stereocenters. The first kappa shape index (κ1) is 77.7. The Morgan fingerprint density at radius 1 is 0.430 bits per heavy atom. The van der Waals surface area contributed by atoms with Crippen LogP contribution in [0, 0.1) is 0 Å². The Morgan fingerprint density at radius 3 is 1.24 bits per heavy atom. The van der Waals surface area contributed by atoms with Crippen molar-refractivity contribution >= 4 is 5.91 Å². The molecule has 3 aliphatic heterocycles. The first-order valence-electron chi connectivity index (χ1n) is 33.5. The minimum Gasteiger partial charge on any atom is -0.394 e. The molecule has 3 fully saturated rings. The molecule has 12 N–H and O–H groups in total. The quantitative estimate of drug-likeness (QED) is 0.0203. The Bertz CT molecular complexity index is 1800. The lowest BCUT2D eigenvalue weighted by Crippen LogP contribution is -2.66. The molecule has 19 nitrogen and oxygen atoms in total. The van der Waals surface area contributed by atoms with E-state index in [1.54, 1.807) is 0 Å². The van der Waals surface area contributed by atoms with E-state index >= 15 is 0 Å². The number of amides is 1. The second kappa shape index (κ2) is 49.2. The summed E-state index contributed by atoms with van der Waals surface area (Å²) in [6.45, 7) is 1.66. The summed E-state index contributed by atoms with van der Waals surface area (Å²) in [7, 11) is 0. The minimum atomic E-state index is -1.98. The maximum atomic E-state index is 13.4. The first-order chi connectivity index (χ1) is 41.8. The summed E-state index contributed by atoms with van der Waals surface area (Å²) < 4.78 is 34.4. The Hall–Kier alpha value is -2.51. The van der Waals surface area contributed by atoms with Crippen molar-refractivity contribution in [1.82, 2.24) is 5.32 Å². The van der Waals surface area contributed by atoms with Gasteiger partial charge in [-0.05, 0) is 57.8 Å². The molecule has 0 spiro atoms. The van der Waals surface area contributed by atoms with E-state index in [4.69, 9.17) is 28.4 Å². The number of ether oxygens (including phenoxy) is 6. The maximum absolute atomic E-state index is 13.4. The molecule has 3 saturated heterocycles. The molecule has 0 bridgehead atoms. The zero-order chi connectivity index (χ0) is 62.6. The normalized spacial score (nSPS) is 29.2. The van der Waals surface area contributed by atoms with Gasteiger partial charge in [0.15, 0.2) is 18.9 Å². The standard InChI is InChI=1S/C67H119NO18/c1-3-5-7-9-11-13-15-17-19-21-23-24-25-27-28-30-32-34-36-38-40-42-44-51(72)50(68-55(73)45-43-41-39-37-35-33-31-29-26-22-20-18-16-14-12-10-8-6-4-2)49-81-65-61(79)58(76)63(53(47-70)83-65)86-67-62(80)59(77)64(54(48-71)84-67)85-66-60(78)57(75)56(74)52(46-69)82-66/h6,8,12,14,18,20,26,29,33,35,50-54,56-67,69-72,74-80H,3-5,7,9-11,13,15-17,19,21-25,27-28,30-32,34,36-49H2,1-2H3,(H,68,73)/b8-6-,14-12-,20-18-,29-26-,35-33-. The zero-order valence-electron chi connectivity index (χ0n) is 52.5. The monoisotopic (exact) mass is 1230 g/mol. The zero-order valence-corrected chi connectivity index (χ0v) is 52.5. The van der Waals surface area contributed by atoms with Crippen LogP contribution in [0.5, 0.6) is 0 Å². The molecule has 0 aromatic carbocycles. The number of carbonyl (C=O) groups excluding carboxylic acids is 1. The van der Waals surface area contributed by atoms with Crippen LogP contribution >= 0.6 is 0 Å². The van der Waals surface area contributed by atoms with E-state index in [9.17, 15) is 61.0 Å². The number of aliphatic hydroxyl groups excluding tert-OH is 11. The lowest BCUT2D eigenvalue weighted by molar-refractivity contribution is -0.379. The van der Waals surface area contributed by atoms with E-state index in [1.165, 1.54) is 116 Å². The second-order valence-electron chi connectivity index (χ2n) is 23.9. The number of hydrogen-bond acceptors (Lipinski definition) is 18. The number of carbonyl (C=O) groups is 1. The van der Waals surface area contributed by atoms with Crippen LogP contribution in [-0.2, 0) is 33.2 Å². The Morgan fingerprint density at radius 2 is 0.802 bits per heavy atom. The van der Waals surface area contributed by atoms with E-state index in [-0.39, 0.29) is 18.9 Å². The topological polar surface area (TPSA) is 307 Å². The average Bonchev–Trinajstić information content (AvgIpc) is 2.80. The van der Waals surface area contributed by atoms with Gasteiger partial charge in [-0.15, -0.1) is 0 Å². The summed E-state index contributed by atoms with van der Waals surface area (Å²) in [6, 6.07) is -0.908. The van der Waals surface area contributed by atoms with Crippen LogP contribution in [-0.4, -0.2) is 193 Å². The molecule has 19 heteroatoms. The van der Waals surface area contributed by atoms with Gasteiger partial charge in [0.1, 0.15) is 73.2 Å². The molecule has 0 aromatic heterocycles. The Balaban J connectivity index is 1.46. The Labute approximate surface area is 515 Å². The lowest BCUT2D eigenvalue weighted by atomic mass is 9.96. The van der Waals surface area contributed by atoms with Crippen molar-refractivity contribution in [2.45, 2.75) is 330 Å². The van der Waals surface area contributed by atoms with Crippen LogP contribution in [0.4, 0.5) is 0 Å². The summed E-state index contributed by atoms with van der Waals surface area (Å²) in [5.41, 5.74) is 0. The molecule has 0 aliphatic carbocycles. The van der Waals surface area contributed by atoms with Gasteiger partial charge in [-0.25, -0.2) is 0 Å². The molecule has 1 amide bonds. The third kappa shape index (κ3) is 31.5. The lowest BCUT2D eigenvalue weighted by Gasteiger charge is -2.48. The van der Waals surface area contributed by atoms with Crippen LogP contribution in [0.25, 0.3) is 0 Å². The minimum absolute atomic E-state index is 0.225. The average molecular weight is 1230 g/mol. The fourth-order valence-corrected chi connectivity index (χ4v) is 11.2. The van der Waals surface area contributed by atoms with Crippen molar-refractivity contribution < 1.29 is 89.4 Å². The molecule has 0 radical (unpaired) electrons. The molecule has 0 aromatic rings. The van der Waals surface area contributed by atoms with Gasteiger partial charge in [-0.1, -0.05) is 222 Å². The second-order valence-corrected chi connectivity index (χ2v) is 23.9. The van der Waals surface area contributed by atoms with Crippen molar-refractivity contribution in [2.75, 3.05) is 26.4 Å². The molecule has 3 aliphatic rings. The van der Waals surface area contributed by atoms with Crippen molar-refractivity contribution in [3.05, 3.63) is 60.8 Å². The van der Waals surface area contributed by atoms with Gasteiger partial charge in [-0.2, -0.15) is 0 Å². The third-order valence-corrected chi connectivity index (χ3v) is 16.6. The Kier molecular flexibility index (Phi) is 44.5. The summed E-state index contributed by atoms with van der Waals surface area (Å²) in [4.78, 5) is 13.4. The van der Waals surface area contributed by atoms with Gasteiger partial charge in [-0.3, -0.25) is 4.79 Å². The predicted molar refractivity (Wildman–Crippen MR) is 332 cm³/mol. The fraction of sp³-hybridized carbons (Fsp3) is 0.836. The molecule has 0 saturated carbocycles. The fourth-order valence-electron chi connectivity index (χ4n) is 11.2. The summed E-state index contributed by atoms with van der Waals surface area (Å²) in [5.74, 6) is -0.274. The van der Waals surface area contributed by atoms with Crippen LogP contribution < -0.4 is 5.32 Å². The molecule has 17 unspecified atom stereocenters. The highest BCUT2D eigenvalue weighted by atomic mass is 16.8. The predicted octanol–water partition coefficient (Wildman–Crippen LogP) is 7.99. The van der Waals surface area contributed by atoms with Crippen molar-refractivity contribution in [3.63, 3.8) is 0 Å². The number of hydrogen-bond donors (Lipinski definition) is 12. The van der Waals surface area contributed by atoms with Crippen LogP contribution in [0.2, 0.25) is 0 Å². The van der Waals surface area contributed by atoms with E-state index in [1.807, 2.05) is 0 Å². The van der Waals surface area contributed by atoms with E-state index < -0.39 is 124 Å². The van der Waals surface area contributed by atoms with Gasteiger partial charge in [0.2, 0.25) is 5.91 Å². The van der Waals surface area contributed by atoms with Crippen LogP contribution in [0.3, 0.4) is 0 Å². The van der Waals surface area contributed by atoms with Gasteiger partial charge < -0.3 is 89.9 Å². The number of nitrogens with one attached hydrogen (secondary N) is 1. The number of allylic oxidation sites excluding steroid dienone is 10. The van der Waals surface area contributed by atoms with Crippen molar-refractivity contribution in [1.29, 1.82) is 0 Å². The van der Waals surface area contributed by atoms with Gasteiger partial charge >= 0.3 is 0 Å². The molecule has 3 heterocycles. The molecule has 86 heavy (non-hydrogen) atoms. The molecular weight excluding hydrogens is 1110 g/mol. The summed E-state index contributed by atoms with van der Waals surface area (Å²) in [5, 5.41) is 121. The van der Waals surface area contributed by atoms with Crippen LogP contribution in [0.15, 0.2) is 60.8 Å². The molecule has 3 rings (SSSR count). The van der Waals surface area contributed by atoms with Gasteiger partial charge in [0.05, 0.1) is 38.6 Å². The smallest absolute Gasteiger partial charge is 0.220 e. The van der Waals surface area contributed by atoms with Crippen molar-refractivity contribution in [2.24, 2.45) is 0 Å². The van der Waals surface area contributed by atoms with E-state index in [0.717, 1.165) is 77.0 Å². The van der Waals surface area contributed by atoms with Gasteiger partial charge in [0, 0.05) is 6.42 Å². The molecular formula is C67H119NO18. The molecule has 500 valence electrons. The largest absolute Gasteiger partial charge is 0.394 e. The number of rotatable bonds is 50. The SMILES string of the molecule is CC/C=C\C/C=C\C/C=C\C/C=C\C/C=C\CCCCCC(=O)NC(COC1OC(CO)C(OC2OC(CO)C(OC3OC(CO)C(O)C(O)C3O)C(O)C2O)C(O)C1O)C(O)CCCCCCCCCCCCCCCCCCCCCCCC. The number of aliphatic hydroxyl groups is 11. The summed E-state index contributed by atoms with van der Waals surface area (Å²) >= 11 is 0. The highest BCUT2D eigenvalue weighted by Crippen LogP contribution is 2.33. The van der Waals surface area contributed by atoms with Crippen LogP contribution in [0.1, 0.15) is 226 Å². The van der Waals surface area contributed by atoms with Crippen molar-refractivity contribution in [3.8, 4) is 0 Å². The first-order valence-corrected chi connectivity index (χ1v) is 33.5. The summed E-state index contributed by atoms with van der Waals surface area (Å²) in [6.07, 6.45) is 31.5. The third-order valence-electron chi connectivity index (χ3n) is 16.6. The number of unbranched alkanes of at least 4 members (excludes halogenated alkanes) is 24. The highest BCUT2D eigenvalue weighted by molar-refractivity contribution is 5.76. The van der Waals surface area contributed by atoms with E-state index in [2.05, 4.69) is 79.9 Å². The van der Waals surface area contributed by atoms with E-state index in [0.29, 0.717) is 12.8 Å². The maximum Gasteiger partial charge on any atom is 0.220 e.